The summed E-state index contributed by atoms with van der Waals surface area (Å²) in [4.78, 5) is 10.8. The number of rotatable bonds is 6. The van der Waals surface area contributed by atoms with E-state index in [-0.39, 0.29) is 18.1 Å². The zero-order valence-electron chi connectivity index (χ0n) is 9.62. The second kappa shape index (κ2) is 9.92. The fourth-order valence-electron chi connectivity index (χ4n) is 0.798. The van der Waals surface area contributed by atoms with Gasteiger partial charge in [-0.15, -0.1) is 0 Å². The van der Waals surface area contributed by atoms with E-state index in [0.29, 0.717) is 13.0 Å². The molecular formula is C9H21NO4S. The molecule has 2 N–H and O–H groups in total. The lowest BCUT2D eigenvalue weighted by atomic mass is 10.3. The third-order valence-electron chi connectivity index (χ3n) is 1.38. The second-order valence-corrected chi connectivity index (χ2v) is 4.31. The molecule has 0 heterocycles. The van der Waals surface area contributed by atoms with Gasteiger partial charge in [0.25, 0.3) is 10.1 Å². The molecule has 0 aromatic carbocycles. The van der Waals surface area contributed by atoms with Crippen LogP contribution in [-0.4, -0.2) is 31.2 Å². The van der Waals surface area contributed by atoms with Crippen LogP contribution < -0.4 is 5.32 Å². The van der Waals surface area contributed by atoms with E-state index in [1.165, 1.54) is 0 Å². The molecular weight excluding hydrogens is 218 g/mol. The average molecular weight is 239 g/mol. The quantitative estimate of drug-likeness (QED) is 0.539. The highest BCUT2D eigenvalue weighted by Gasteiger charge is 2.04. The van der Waals surface area contributed by atoms with Gasteiger partial charge in [0.2, 0.25) is 5.91 Å². The lowest BCUT2D eigenvalue weighted by Crippen LogP contribution is -2.25. The van der Waals surface area contributed by atoms with E-state index < -0.39 is 10.1 Å². The van der Waals surface area contributed by atoms with Crippen molar-refractivity contribution in [3.63, 3.8) is 0 Å². The highest BCUT2D eigenvalue weighted by Crippen LogP contribution is 1.89. The molecule has 92 valence electrons. The molecule has 15 heavy (non-hydrogen) atoms. The van der Waals surface area contributed by atoms with E-state index in [4.69, 9.17) is 4.55 Å². The van der Waals surface area contributed by atoms with Crippen molar-refractivity contribution in [1.82, 2.24) is 5.32 Å². The fourth-order valence-corrected chi connectivity index (χ4v) is 1.31. The molecule has 5 nitrogen and oxygen atoms in total. The minimum absolute atomic E-state index is 0.0853. The largest absolute Gasteiger partial charge is 0.356 e. The van der Waals surface area contributed by atoms with Crippen molar-refractivity contribution < 1.29 is 17.8 Å². The molecule has 0 aliphatic rings. The van der Waals surface area contributed by atoms with Gasteiger partial charge in [0.05, 0.1) is 5.75 Å². The van der Waals surface area contributed by atoms with Crippen molar-refractivity contribution in [2.75, 3.05) is 12.3 Å². The first kappa shape index (κ1) is 16.8. The molecule has 0 bridgehead atoms. The Morgan fingerprint density at radius 2 is 1.87 bits per heavy atom. The van der Waals surface area contributed by atoms with Crippen LogP contribution in [0.2, 0.25) is 0 Å². The van der Waals surface area contributed by atoms with E-state index >= 15 is 0 Å². The van der Waals surface area contributed by atoms with Crippen molar-refractivity contribution in [2.45, 2.75) is 40.0 Å². The maximum Gasteiger partial charge on any atom is 0.264 e. The first-order chi connectivity index (χ1) is 6.95. The van der Waals surface area contributed by atoms with Gasteiger partial charge in [-0.3, -0.25) is 9.35 Å². The Labute approximate surface area is 92.0 Å². The van der Waals surface area contributed by atoms with Gasteiger partial charge in [0.15, 0.2) is 0 Å². The molecule has 0 spiro atoms. The molecule has 0 saturated carbocycles. The van der Waals surface area contributed by atoms with Crippen LogP contribution in [0.25, 0.3) is 0 Å². The summed E-state index contributed by atoms with van der Waals surface area (Å²) >= 11 is 0. The summed E-state index contributed by atoms with van der Waals surface area (Å²) in [7, 11) is -3.89. The van der Waals surface area contributed by atoms with E-state index in [9.17, 15) is 13.2 Å². The summed E-state index contributed by atoms with van der Waals surface area (Å²) in [6.45, 7) is 6.18. The van der Waals surface area contributed by atoms with Gasteiger partial charge < -0.3 is 5.32 Å². The summed E-state index contributed by atoms with van der Waals surface area (Å²) in [5, 5.41) is 2.54. The maximum absolute atomic E-state index is 10.8. The molecule has 0 saturated heterocycles. The molecule has 6 heteroatoms. The molecule has 0 fully saturated rings. The number of carbonyl (C=O) groups is 1. The zero-order valence-corrected chi connectivity index (χ0v) is 10.4. The van der Waals surface area contributed by atoms with Crippen molar-refractivity contribution >= 4 is 16.0 Å². The van der Waals surface area contributed by atoms with Crippen LogP contribution in [-0.2, 0) is 14.9 Å². The van der Waals surface area contributed by atoms with Crippen LogP contribution in [0.5, 0.6) is 0 Å². The van der Waals surface area contributed by atoms with Crippen LogP contribution >= 0.6 is 0 Å². The predicted molar refractivity (Wildman–Crippen MR) is 60.3 cm³/mol. The van der Waals surface area contributed by atoms with E-state index in [1.807, 2.05) is 20.8 Å². The molecule has 0 atom stereocenters. The fraction of sp³-hybridized carbons (Fsp3) is 0.889. The Morgan fingerprint density at radius 1 is 1.33 bits per heavy atom. The molecule has 0 aliphatic heterocycles. The van der Waals surface area contributed by atoms with Gasteiger partial charge in [0.1, 0.15) is 0 Å². The van der Waals surface area contributed by atoms with Crippen LogP contribution in [0.15, 0.2) is 0 Å². The molecule has 0 aromatic heterocycles. The number of hydrogen-bond donors (Lipinski definition) is 2. The van der Waals surface area contributed by atoms with E-state index in [1.54, 1.807) is 0 Å². The second-order valence-electron chi connectivity index (χ2n) is 2.74. The lowest BCUT2D eigenvalue weighted by Gasteiger charge is -2.02. The third kappa shape index (κ3) is 16.1. The minimum Gasteiger partial charge on any atom is -0.356 e. The maximum atomic E-state index is 10.8. The standard InChI is InChI=1S/C7H15NO4S.C2H6/c1-2-4-7(9)8-5-3-6-13(10,11)12;1-2/h2-6H2,1H3,(H,8,9)(H,10,11,12);1-2H3. The summed E-state index contributed by atoms with van der Waals surface area (Å²) in [5.74, 6) is -0.391. The molecule has 1 amide bonds. The van der Waals surface area contributed by atoms with Gasteiger partial charge in [-0.1, -0.05) is 20.8 Å². The first-order valence-electron chi connectivity index (χ1n) is 5.17. The monoisotopic (exact) mass is 239 g/mol. The van der Waals surface area contributed by atoms with Crippen molar-refractivity contribution in [3.8, 4) is 0 Å². The Morgan fingerprint density at radius 3 is 2.27 bits per heavy atom. The van der Waals surface area contributed by atoms with Crippen LogP contribution in [0.3, 0.4) is 0 Å². The Kier molecular flexibility index (Phi) is 11.1. The predicted octanol–water partition coefficient (Wildman–Crippen LogP) is 1.21. The first-order valence-corrected chi connectivity index (χ1v) is 6.78. The van der Waals surface area contributed by atoms with E-state index in [2.05, 4.69) is 5.32 Å². The van der Waals surface area contributed by atoms with Crippen LogP contribution in [0.1, 0.15) is 40.0 Å². The average Bonchev–Trinajstić information content (AvgIpc) is 2.15. The summed E-state index contributed by atoms with van der Waals surface area (Å²) in [5.41, 5.74) is 0. The Bertz CT molecular complexity index is 249. The smallest absolute Gasteiger partial charge is 0.264 e. The summed E-state index contributed by atoms with van der Waals surface area (Å²) in [6.07, 6.45) is 1.46. The number of hydrogen-bond acceptors (Lipinski definition) is 3. The van der Waals surface area contributed by atoms with Crippen molar-refractivity contribution in [3.05, 3.63) is 0 Å². The topological polar surface area (TPSA) is 83.5 Å². The zero-order chi connectivity index (χ0) is 12.3. The molecule has 0 radical (unpaired) electrons. The van der Waals surface area contributed by atoms with E-state index in [0.717, 1.165) is 6.42 Å². The third-order valence-corrected chi connectivity index (χ3v) is 2.18. The van der Waals surface area contributed by atoms with Crippen LogP contribution in [0, 0.1) is 0 Å². The molecule has 0 aromatic rings. The molecule has 0 unspecified atom stereocenters. The lowest BCUT2D eigenvalue weighted by molar-refractivity contribution is -0.121. The van der Waals surface area contributed by atoms with Gasteiger partial charge in [-0.25, -0.2) is 0 Å². The SMILES string of the molecule is CC.CCCC(=O)NCCCS(=O)(=O)O. The van der Waals surface area contributed by atoms with Gasteiger partial charge in [0, 0.05) is 13.0 Å². The van der Waals surface area contributed by atoms with Crippen molar-refractivity contribution in [1.29, 1.82) is 0 Å². The van der Waals surface area contributed by atoms with Crippen molar-refractivity contribution in [2.24, 2.45) is 0 Å². The Hall–Kier alpha value is -0.620. The molecule has 0 aliphatic carbocycles. The molecule has 0 rings (SSSR count). The highest BCUT2D eigenvalue weighted by molar-refractivity contribution is 7.85. The summed E-state index contributed by atoms with van der Waals surface area (Å²) < 4.78 is 28.8. The van der Waals surface area contributed by atoms with Crippen LogP contribution in [0.4, 0.5) is 0 Å². The number of carbonyl (C=O) groups excluding carboxylic acids is 1. The van der Waals surface area contributed by atoms with Gasteiger partial charge in [-0.2, -0.15) is 8.42 Å². The normalized spacial score (nSPS) is 10.1. The number of amides is 1. The Balaban J connectivity index is 0. The number of nitrogens with one attached hydrogen (secondary N) is 1. The minimum atomic E-state index is -3.89. The van der Waals surface area contributed by atoms with Gasteiger partial charge >= 0.3 is 0 Å². The van der Waals surface area contributed by atoms with Gasteiger partial charge in [-0.05, 0) is 12.8 Å². The summed E-state index contributed by atoms with van der Waals surface area (Å²) in [6, 6.07) is 0. The highest BCUT2D eigenvalue weighted by atomic mass is 32.2.